The van der Waals surface area contributed by atoms with Crippen molar-refractivity contribution in [3.8, 4) is 11.3 Å². The highest BCUT2D eigenvalue weighted by atomic mass is 35.5. The molecule has 0 aliphatic heterocycles. The number of benzene rings is 1. The van der Waals surface area contributed by atoms with Crippen molar-refractivity contribution in [2.45, 2.75) is 0 Å². The smallest absolute Gasteiger partial charge is 0.337 e. The molecule has 0 saturated carbocycles. The topological polar surface area (TPSA) is 39.2 Å². The van der Waals surface area contributed by atoms with Gasteiger partial charge in [0.05, 0.1) is 18.4 Å². The molecule has 1 aromatic heterocycles. The summed E-state index contributed by atoms with van der Waals surface area (Å²) in [5.41, 5.74) is 1.79. The Hall–Kier alpha value is -1.29. The Kier molecular flexibility index (Phi) is 5.60. The van der Waals surface area contributed by atoms with Crippen LogP contribution in [0.3, 0.4) is 0 Å². The Morgan fingerprint density at radius 3 is 2.37 bits per heavy atom. The van der Waals surface area contributed by atoms with E-state index in [-0.39, 0.29) is 12.4 Å². The number of hydrogen-bond acceptors (Lipinski definition) is 3. The Balaban J connectivity index is 0.00000180. The molecule has 1 aromatic carbocycles. The Morgan fingerprint density at radius 1 is 1.16 bits per heavy atom. The third-order valence-corrected chi connectivity index (χ3v) is 2.78. The molecule has 0 N–H and O–H groups in total. The maximum absolute atomic E-state index is 11.4. The Labute approximate surface area is 126 Å². The second-order valence-electron chi connectivity index (χ2n) is 3.58. The summed E-state index contributed by atoms with van der Waals surface area (Å²) < 4.78 is 4.66. The highest BCUT2D eigenvalue weighted by Crippen LogP contribution is 2.26. The molecule has 100 valence electrons. The summed E-state index contributed by atoms with van der Waals surface area (Å²) in [6.45, 7) is 0. The van der Waals surface area contributed by atoms with Crippen molar-refractivity contribution >= 4 is 41.6 Å². The van der Waals surface area contributed by atoms with Gasteiger partial charge < -0.3 is 4.74 Å². The molecule has 0 bridgehead atoms. The molecule has 0 radical (unpaired) electrons. The van der Waals surface area contributed by atoms with Gasteiger partial charge >= 0.3 is 5.97 Å². The van der Waals surface area contributed by atoms with E-state index in [1.54, 1.807) is 30.3 Å². The van der Waals surface area contributed by atoms with Gasteiger partial charge in [-0.3, -0.25) is 4.98 Å². The average Bonchev–Trinajstić information content (AvgIpc) is 2.37. The first-order chi connectivity index (χ1) is 8.60. The number of carbonyl (C=O) groups excluding carboxylic acids is 1. The van der Waals surface area contributed by atoms with Crippen LogP contribution in [0.25, 0.3) is 11.3 Å². The summed E-state index contributed by atoms with van der Waals surface area (Å²) in [6, 6.07) is 8.32. The summed E-state index contributed by atoms with van der Waals surface area (Å²) in [5.74, 6) is -0.410. The highest BCUT2D eigenvalue weighted by Gasteiger charge is 2.08. The van der Waals surface area contributed by atoms with Gasteiger partial charge in [0, 0.05) is 21.8 Å². The molecule has 0 spiro atoms. The van der Waals surface area contributed by atoms with E-state index < -0.39 is 5.97 Å². The predicted octanol–water partition coefficient (Wildman–Crippen LogP) is 4.26. The lowest BCUT2D eigenvalue weighted by molar-refractivity contribution is 0.0600. The molecule has 0 aliphatic rings. The van der Waals surface area contributed by atoms with E-state index in [1.165, 1.54) is 13.3 Å². The van der Waals surface area contributed by atoms with E-state index in [1.807, 2.05) is 0 Å². The van der Waals surface area contributed by atoms with Crippen molar-refractivity contribution in [1.82, 2.24) is 4.98 Å². The van der Waals surface area contributed by atoms with Gasteiger partial charge in [-0.05, 0) is 30.3 Å². The molecule has 6 heteroatoms. The van der Waals surface area contributed by atoms with E-state index in [0.29, 0.717) is 21.3 Å². The first-order valence-electron chi connectivity index (χ1n) is 5.11. The van der Waals surface area contributed by atoms with Gasteiger partial charge in [-0.1, -0.05) is 23.2 Å². The number of hydrogen-bond donors (Lipinski definition) is 0. The van der Waals surface area contributed by atoms with Crippen LogP contribution in [0.15, 0.2) is 36.5 Å². The van der Waals surface area contributed by atoms with Crippen LogP contribution < -0.4 is 0 Å². The molecule has 0 fully saturated rings. The maximum atomic E-state index is 11.4. The van der Waals surface area contributed by atoms with Gasteiger partial charge in [-0.2, -0.15) is 0 Å². The van der Waals surface area contributed by atoms with Crippen LogP contribution in [-0.2, 0) is 4.74 Å². The fraction of sp³-hybridized carbons (Fsp3) is 0.0769. The van der Waals surface area contributed by atoms with Gasteiger partial charge in [0.15, 0.2) is 0 Å². The van der Waals surface area contributed by atoms with Crippen molar-refractivity contribution in [3.05, 3.63) is 52.1 Å². The number of carbonyl (C=O) groups is 1. The van der Waals surface area contributed by atoms with Crippen LogP contribution in [0.2, 0.25) is 10.0 Å². The normalized spacial score (nSPS) is 9.63. The number of esters is 1. The first-order valence-corrected chi connectivity index (χ1v) is 5.86. The van der Waals surface area contributed by atoms with Crippen molar-refractivity contribution in [2.75, 3.05) is 7.11 Å². The lowest BCUT2D eigenvalue weighted by Gasteiger charge is -2.04. The van der Waals surface area contributed by atoms with Crippen LogP contribution >= 0.6 is 35.6 Å². The summed E-state index contributed by atoms with van der Waals surface area (Å²) in [5, 5.41) is 1.03. The minimum absolute atomic E-state index is 0. The second kappa shape index (κ2) is 6.75. The van der Waals surface area contributed by atoms with Crippen molar-refractivity contribution < 1.29 is 9.53 Å². The van der Waals surface area contributed by atoms with Crippen LogP contribution in [0.1, 0.15) is 10.4 Å². The molecule has 0 atom stereocenters. The monoisotopic (exact) mass is 317 g/mol. The average molecular weight is 319 g/mol. The maximum Gasteiger partial charge on any atom is 0.337 e. The first kappa shape index (κ1) is 15.8. The summed E-state index contributed by atoms with van der Waals surface area (Å²) in [6.07, 6.45) is 1.54. The van der Waals surface area contributed by atoms with Crippen molar-refractivity contribution in [1.29, 1.82) is 0 Å². The zero-order valence-electron chi connectivity index (χ0n) is 9.89. The molecule has 0 saturated heterocycles. The third-order valence-electron chi connectivity index (χ3n) is 2.34. The van der Waals surface area contributed by atoms with E-state index in [4.69, 9.17) is 23.2 Å². The highest BCUT2D eigenvalue weighted by molar-refractivity contribution is 6.35. The number of pyridine rings is 1. The van der Waals surface area contributed by atoms with E-state index in [9.17, 15) is 4.79 Å². The van der Waals surface area contributed by atoms with Gasteiger partial charge in [-0.15, -0.1) is 12.4 Å². The molecule has 2 aromatic rings. The van der Waals surface area contributed by atoms with E-state index in [2.05, 4.69) is 9.72 Å². The number of halogens is 3. The quantitative estimate of drug-likeness (QED) is 0.776. The van der Waals surface area contributed by atoms with Crippen LogP contribution in [-0.4, -0.2) is 18.1 Å². The number of nitrogens with zero attached hydrogens (tertiary/aromatic N) is 1. The third kappa shape index (κ3) is 3.83. The van der Waals surface area contributed by atoms with Crippen molar-refractivity contribution in [2.24, 2.45) is 0 Å². The van der Waals surface area contributed by atoms with E-state index in [0.717, 1.165) is 5.56 Å². The lowest BCUT2D eigenvalue weighted by atomic mass is 10.1. The molecular formula is C13H10Cl3NO2. The molecule has 1 heterocycles. The fourth-order valence-corrected chi connectivity index (χ4v) is 2.06. The molecule has 0 aliphatic carbocycles. The minimum Gasteiger partial charge on any atom is -0.465 e. The van der Waals surface area contributed by atoms with Gasteiger partial charge in [-0.25, -0.2) is 4.79 Å². The summed E-state index contributed by atoms with van der Waals surface area (Å²) >= 11 is 11.9. The number of aromatic nitrogens is 1. The van der Waals surface area contributed by atoms with E-state index >= 15 is 0 Å². The zero-order valence-corrected chi connectivity index (χ0v) is 12.2. The predicted molar refractivity (Wildman–Crippen MR) is 78.3 cm³/mol. The van der Waals surface area contributed by atoms with Gasteiger partial charge in [0.2, 0.25) is 0 Å². The lowest BCUT2D eigenvalue weighted by Crippen LogP contribution is -2.01. The van der Waals surface area contributed by atoms with Gasteiger partial charge in [0.25, 0.3) is 0 Å². The molecule has 3 nitrogen and oxygen atoms in total. The molecule has 0 unspecified atom stereocenters. The van der Waals surface area contributed by atoms with Crippen LogP contribution in [0, 0.1) is 0 Å². The summed E-state index contributed by atoms with van der Waals surface area (Å²) in [7, 11) is 1.33. The molecule has 2 rings (SSSR count). The van der Waals surface area contributed by atoms with Crippen LogP contribution in [0.4, 0.5) is 0 Å². The standard InChI is InChI=1S/C13H9Cl2NO2.ClH/c1-18-13(17)8-2-3-16-12(6-8)9-4-10(14)7-11(15)5-9;/h2-7H,1H3;1H. The largest absolute Gasteiger partial charge is 0.465 e. The second-order valence-corrected chi connectivity index (χ2v) is 4.45. The SMILES string of the molecule is COC(=O)c1ccnc(-c2cc(Cl)cc(Cl)c2)c1.Cl. The number of ether oxygens (including phenoxy) is 1. The van der Waals surface area contributed by atoms with Crippen LogP contribution in [0.5, 0.6) is 0 Å². The summed E-state index contributed by atoms with van der Waals surface area (Å²) in [4.78, 5) is 15.6. The number of methoxy groups -OCH3 is 1. The Morgan fingerprint density at radius 2 is 1.79 bits per heavy atom. The Bertz CT molecular complexity index is 582. The zero-order chi connectivity index (χ0) is 13.1. The molecule has 19 heavy (non-hydrogen) atoms. The molecular weight excluding hydrogens is 309 g/mol. The van der Waals surface area contributed by atoms with Crippen molar-refractivity contribution in [3.63, 3.8) is 0 Å². The fourth-order valence-electron chi connectivity index (χ4n) is 1.53. The molecule has 0 amide bonds. The number of rotatable bonds is 2. The van der Waals surface area contributed by atoms with Gasteiger partial charge in [0.1, 0.15) is 0 Å². The minimum atomic E-state index is -0.410.